The molecule has 3 heteroatoms. The van der Waals surface area contributed by atoms with E-state index in [0.29, 0.717) is 36.6 Å². The number of hydrogen-bond acceptors (Lipinski definition) is 3. The van der Waals surface area contributed by atoms with E-state index in [2.05, 4.69) is 20.8 Å². The first-order valence-electron chi connectivity index (χ1n) is 7.79. The molecule has 1 aliphatic heterocycles. The van der Waals surface area contributed by atoms with Crippen molar-refractivity contribution < 1.29 is 14.3 Å². The van der Waals surface area contributed by atoms with Crippen LogP contribution in [0.25, 0.3) is 0 Å². The van der Waals surface area contributed by atoms with Crippen LogP contribution >= 0.6 is 0 Å². The second-order valence-corrected chi connectivity index (χ2v) is 6.88. The van der Waals surface area contributed by atoms with Gasteiger partial charge in [-0.25, -0.2) is 0 Å². The van der Waals surface area contributed by atoms with Crippen molar-refractivity contribution in [3.8, 4) is 0 Å². The minimum absolute atomic E-state index is 0.0194. The minimum atomic E-state index is -0.0219. The Morgan fingerprint density at radius 2 is 1.95 bits per heavy atom. The summed E-state index contributed by atoms with van der Waals surface area (Å²) in [5.41, 5.74) is 0. The molecule has 2 fully saturated rings. The number of carbonyl (C=O) groups is 1. The molecule has 3 nitrogen and oxygen atoms in total. The van der Waals surface area contributed by atoms with Gasteiger partial charge in [0.25, 0.3) is 0 Å². The van der Waals surface area contributed by atoms with Gasteiger partial charge < -0.3 is 9.47 Å². The van der Waals surface area contributed by atoms with Crippen LogP contribution in [0.15, 0.2) is 0 Å². The largest absolute Gasteiger partial charge is 0.465 e. The third-order valence-corrected chi connectivity index (χ3v) is 4.84. The molecule has 0 aromatic carbocycles. The van der Waals surface area contributed by atoms with Gasteiger partial charge in [-0.15, -0.1) is 0 Å². The zero-order valence-electron chi connectivity index (χ0n) is 12.7. The van der Waals surface area contributed by atoms with Crippen LogP contribution in [0.5, 0.6) is 0 Å². The fourth-order valence-corrected chi connectivity index (χ4v) is 2.91. The first kappa shape index (κ1) is 14.8. The second kappa shape index (κ2) is 6.25. The smallest absolute Gasteiger partial charge is 0.308 e. The summed E-state index contributed by atoms with van der Waals surface area (Å²) in [7, 11) is 0. The molecule has 0 amide bonds. The summed E-state index contributed by atoms with van der Waals surface area (Å²) in [6.45, 7) is 9.20. The van der Waals surface area contributed by atoms with Crippen molar-refractivity contribution in [2.45, 2.75) is 65.6 Å². The third-order valence-electron chi connectivity index (χ3n) is 4.84. The van der Waals surface area contributed by atoms with Gasteiger partial charge in [0.2, 0.25) is 0 Å². The average Bonchev–Trinajstić information content (AvgIpc) is 3.13. The third kappa shape index (κ3) is 4.20. The van der Waals surface area contributed by atoms with Crippen LogP contribution in [-0.2, 0) is 14.3 Å². The number of esters is 1. The second-order valence-electron chi connectivity index (χ2n) is 6.88. The van der Waals surface area contributed by atoms with Crippen molar-refractivity contribution in [2.75, 3.05) is 6.61 Å². The van der Waals surface area contributed by atoms with Crippen molar-refractivity contribution in [1.82, 2.24) is 0 Å². The summed E-state index contributed by atoms with van der Waals surface area (Å²) in [6.07, 6.45) is 5.29. The molecule has 0 radical (unpaired) electrons. The molecule has 0 aromatic rings. The summed E-state index contributed by atoms with van der Waals surface area (Å²) in [5, 5.41) is 0. The zero-order valence-corrected chi connectivity index (χ0v) is 12.7. The molecule has 1 aliphatic carbocycles. The molecule has 2 aliphatic rings. The Morgan fingerprint density at radius 1 is 1.21 bits per heavy atom. The molecule has 2 rings (SSSR count). The lowest BCUT2D eigenvalue weighted by molar-refractivity contribution is -0.150. The minimum Gasteiger partial charge on any atom is -0.465 e. The molecule has 19 heavy (non-hydrogen) atoms. The van der Waals surface area contributed by atoms with Gasteiger partial charge in [-0.1, -0.05) is 27.7 Å². The van der Waals surface area contributed by atoms with Crippen LogP contribution in [0.1, 0.15) is 53.4 Å². The molecule has 1 saturated carbocycles. The number of epoxide rings is 1. The Kier molecular flexibility index (Phi) is 4.88. The number of carbonyl (C=O) groups excluding carboxylic acids is 1. The van der Waals surface area contributed by atoms with Crippen LogP contribution in [0, 0.1) is 23.7 Å². The van der Waals surface area contributed by atoms with Crippen molar-refractivity contribution in [1.29, 1.82) is 0 Å². The Labute approximate surface area is 117 Å². The standard InChI is InChI=1S/C16H28O3/c1-10(2)11(3)7-12(4)16(17)18-9-13-5-6-14-15(8-13)19-14/h10-15H,5-9H2,1-4H3. The lowest BCUT2D eigenvalue weighted by Gasteiger charge is -2.22. The van der Waals surface area contributed by atoms with Gasteiger partial charge in [-0.2, -0.15) is 0 Å². The zero-order chi connectivity index (χ0) is 14.0. The molecule has 1 saturated heterocycles. The first-order valence-corrected chi connectivity index (χ1v) is 7.79. The topological polar surface area (TPSA) is 38.8 Å². The van der Waals surface area contributed by atoms with Crippen LogP contribution in [0.3, 0.4) is 0 Å². The SMILES string of the molecule is CC(CC(C)C(C)C)C(=O)OCC1CCC2OC2C1. The van der Waals surface area contributed by atoms with E-state index in [9.17, 15) is 4.79 Å². The van der Waals surface area contributed by atoms with E-state index in [1.165, 1.54) is 0 Å². The molecule has 0 spiro atoms. The van der Waals surface area contributed by atoms with Gasteiger partial charge >= 0.3 is 5.97 Å². The Balaban J connectivity index is 1.65. The molecule has 0 bridgehead atoms. The lowest BCUT2D eigenvalue weighted by Crippen LogP contribution is -2.24. The Bertz CT molecular complexity index is 313. The highest BCUT2D eigenvalue weighted by Crippen LogP contribution is 2.39. The van der Waals surface area contributed by atoms with Gasteiger partial charge in [0.05, 0.1) is 24.7 Å². The summed E-state index contributed by atoms with van der Waals surface area (Å²) < 4.78 is 11.0. The van der Waals surface area contributed by atoms with Gasteiger partial charge in [0, 0.05) is 0 Å². The quantitative estimate of drug-likeness (QED) is 0.547. The fraction of sp³-hybridized carbons (Fsp3) is 0.938. The normalized spacial score (nSPS) is 32.6. The highest BCUT2D eigenvalue weighted by atomic mass is 16.6. The predicted octanol–water partition coefficient (Wildman–Crippen LogP) is 3.42. The highest BCUT2D eigenvalue weighted by molar-refractivity contribution is 5.71. The Hall–Kier alpha value is -0.570. The molecule has 5 unspecified atom stereocenters. The molecular formula is C16H28O3. The summed E-state index contributed by atoms with van der Waals surface area (Å²) in [5.74, 6) is 1.70. The van der Waals surface area contributed by atoms with Crippen LogP contribution in [-0.4, -0.2) is 24.8 Å². The Morgan fingerprint density at radius 3 is 2.58 bits per heavy atom. The number of fused-ring (bicyclic) bond motifs is 1. The van der Waals surface area contributed by atoms with E-state index < -0.39 is 0 Å². The molecule has 110 valence electrons. The molecule has 5 atom stereocenters. The first-order chi connectivity index (χ1) is 8.97. The maximum Gasteiger partial charge on any atom is 0.308 e. The molecule has 0 N–H and O–H groups in total. The predicted molar refractivity (Wildman–Crippen MR) is 74.7 cm³/mol. The summed E-state index contributed by atoms with van der Waals surface area (Å²) >= 11 is 0. The lowest BCUT2D eigenvalue weighted by atomic mass is 9.88. The molecule has 1 heterocycles. The summed E-state index contributed by atoms with van der Waals surface area (Å²) in [6, 6.07) is 0. The van der Waals surface area contributed by atoms with Crippen molar-refractivity contribution in [3.63, 3.8) is 0 Å². The van der Waals surface area contributed by atoms with E-state index in [1.54, 1.807) is 0 Å². The van der Waals surface area contributed by atoms with Crippen molar-refractivity contribution in [3.05, 3.63) is 0 Å². The fourth-order valence-electron chi connectivity index (χ4n) is 2.91. The van der Waals surface area contributed by atoms with E-state index in [-0.39, 0.29) is 11.9 Å². The van der Waals surface area contributed by atoms with Gasteiger partial charge in [0.15, 0.2) is 0 Å². The van der Waals surface area contributed by atoms with Crippen LogP contribution in [0.2, 0.25) is 0 Å². The number of rotatable bonds is 6. The van der Waals surface area contributed by atoms with E-state index in [0.717, 1.165) is 25.7 Å². The van der Waals surface area contributed by atoms with Crippen molar-refractivity contribution >= 4 is 5.97 Å². The van der Waals surface area contributed by atoms with Gasteiger partial charge in [0.1, 0.15) is 0 Å². The van der Waals surface area contributed by atoms with E-state index >= 15 is 0 Å². The molecular weight excluding hydrogens is 240 g/mol. The van der Waals surface area contributed by atoms with E-state index in [4.69, 9.17) is 9.47 Å². The maximum atomic E-state index is 12.0. The summed E-state index contributed by atoms with van der Waals surface area (Å²) in [4.78, 5) is 12.0. The molecule has 0 aromatic heterocycles. The average molecular weight is 268 g/mol. The van der Waals surface area contributed by atoms with Crippen LogP contribution in [0.4, 0.5) is 0 Å². The van der Waals surface area contributed by atoms with Crippen LogP contribution < -0.4 is 0 Å². The maximum absolute atomic E-state index is 12.0. The number of ether oxygens (including phenoxy) is 2. The van der Waals surface area contributed by atoms with Gasteiger partial charge in [-0.3, -0.25) is 4.79 Å². The number of hydrogen-bond donors (Lipinski definition) is 0. The van der Waals surface area contributed by atoms with E-state index in [1.807, 2.05) is 6.92 Å². The van der Waals surface area contributed by atoms with Gasteiger partial charge in [-0.05, 0) is 43.4 Å². The van der Waals surface area contributed by atoms with Crippen molar-refractivity contribution in [2.24, 2.45) is 23.7 Å². The monoisotopic (exact) mass is 268 g/mol. The highest BCUT2D eigenvalue weighted by Gasteiger charge is 2.44.